The van der Waals surface area contributed by atoms with Gasteiger partial charge in [0.15, 0.2) is 0 Å². The summed E-state index contributed by atoms with van der Waals surface area (Å²) in [5.41, 5.74) is 3.78. The van der Waals surface area contributed by atoms with Crippen molar-refractivity contribution in [2.24, 2.45) is 0 Å². The molecule has 0 atom stereocenters. The number of rotatable bonds is 1. The van der Waals surface area contributed by atoms with Crippen LogP contribution in [0.5, 0.6) is 0 Å². The monoisotopic (exact) mass is 226 g/mol. The van der Waals surface area contributed by atoms with Gasteiger partial charge >= 0.3 is 0 Å². The van der Waals surface area contributed by atoms with Crippen LogP contribution >= 0.6 is 0 Å². The number of hydrogen-bond donors (Lipinski definition) is 0. The van der Waals surface area contributed by atoms with Crippen molar-refractivity contribution in [1.29, 1.82) is 0 Å². The first kappa shape index (κ1) is 10.6. The van der Waals surface area contributed by atoms with Crippen LogP contribution in [0.25, 0.3) is 10.9 Å². The molecule has 0 N–H and O–H groups in total. The molecule has 1 aliphatic heterocycles. The summed E-state index contributed by atoms with van der Waals surface area (Å²) in [5, 5.41) is 1.30. The first-order chi connectivity index (χ1) is 8.34. The summed E-state index contributed by atoms with van der Waals surface area (Å²) in [6, 6.07) is 8.67. The van der Waals surface area contributed by atoms with Crippen LogP contribution < -0.4 is 4.90 Å². The Kier molecular flexibility index (Phi) is 2.71. The van der Waals surface area contributed by atoms with Gasteiger partial charge in [-0.05, 0) is 44.4 Å². The van der Waals surface area contributed by atoms with Gasteiger partial charge < -0.3 is 4.90 Å². The van der Waals surface area contributed by atoms with E-state index in [1.165, 1.54) is 49.0 Å². The van der Waals surface area contributed by atoms with Gasteiger partial charge in [0, 0.05) is 30.4 Å². The van der Waals surface area contributed by atoms with Crippen LogP contribution in [-0.4, -0.2) is 18.1 Å². The van der Waals surface area contributed by atoms with Gasteiger partial charge in [0.25, 0.3) is 0 Å². The molecule has 0 amide bonds. The molecule has 1 fully saturated rings. The number of hydrogen-bond acceptors (Lipinski definition) is 2. The summed E-state index contributed by atoms with van der Waals surface area (Å²) in [6.45, 7) is 4.52. The van der Waals surface area contributed by atoms with E-state index in [0.717, 1.165) is 5.52 Å². The van der Waals surface area contributed by atoms with Gasteiger partial charge in [-0.2, -0.15) is 0 Å². The Balaban J connectivity index is 2.11. The number of nitrogens with zero attached hydrogens (tertiary/aromatic N) is 2. The van der Waals surface area contributed by atoms with Gasteiger partial charge in [-0.15, -0.1) is 0 Å². The third-order valence-corrected chi connectivity index (χ3v) is 3.57. The predicted octanol–water partition coefficient (Wildman–Crippen LogP) is 3.53. The number of piperidine rings is 1. The standard InChI is InChI=1S/C15H18N2/c1-12-5-6-14-13(11-12)15(7-8-16-14)17-9-3-2-4-10-17/h5-8,11H,2-4,9-10H2,1H3. The van der Waals surface area contributed by atoms with Gasteiger partial charge in [0.05, 0.1) is 5.52 Å². The zero-order chi connectivity index (χ0) is 11.7. The molecule has 0 spiro atoms. The second-order valence-corrected chi connectivity index (χ2v) is 4.90. The highest BCUT2D eigenvalue weighted by Crippen LogP contribution is 2.28. The van der Waals surface area contributed by atoms with E-state index in [1.807, 2.05) is 6.20 Å². The van der Waals surface area contributed by atoms with E-state index in [-0.39, 0.29) is 0 Å². The van der Waals surface area contributed by atoms with Crippen molar-refractivity contribution in [2.45, 2.75) is 26.2 Å². The molecule has 1 aromatic heterocycles. The number of fused-ring (bicyclic) bond motifs is 1. The van der Waals surface area contributed by atoms with Crippen molar-refractivity contribution in [2.75, 3.05) is 18.0 Å². The number of aromatic nitrogens is 1. The lowest BCUT2D eigenvalue weighted by Crippen LogP contribution is -2.29. The first-order valence-corrected chi connectivity index (χ1v) is 6.45. The summed E-state index contributed by atoms with van der Waals surface area (Å²) in [6.07, 6.45) is 5.94. The van der Waals surface area contributed by atoms with Crippen molar-refractivity contribution in [3.8, 4) is 0 Å². The second kappa shape index (κ2) is 4.36. The van der Waals surface area contributed by atoms with Crippen LogP contribution in [0.3, 0.4) is 0 Å². The minimum Gasteiger partial charge on any atom is -0.371 e. The minimum absolute atomic E-state index is 1.11. The van der Waals surface area contributed by atoms with E-state index in [0.29, 0.717) is 0 Å². The topological polar surface area (TPSA) is 16.1 Å². The third-order valence-electron chi connectivity index (χ3n) is 3.57. The van der Waals surface area contributed by atoms with Gasteiger partial charge in [-0.25, -0.2) is 0 Å². The Labute approximate surface area is 102 Å². The van der Waals surface area contributed by atoms with Crippen LogP contribution in [0.4, 0.5) is 5.69 Å². The highest BCUT2D eigenvalue weighted by atomic mass is 15.1. The largest absolute Gasteiger partial charge is 0.371 e. The van der Waals surface area contributed by atoms with Crippen LogP contribution in [0, 0.1) is 6.92 Å². The molecule has 2 aromatic rings. The van der Waals surface area contributed by atoms with Crippen molar-refractivity contribution in [3.05, 3.63) is 36.0 Å². The number of anilines is 1. The maximum absolute atomic E-state index is 4.45. The molecule has 1 aliphatic rings. The smallest absolute Gasteiger partial charge is 0.0722 e. The summed E-state index contributed by atoms with van der Waals surface area (Å²) in [7, 11) is 0. The van der Waals surface area contributed by atoms with Crippen LogP contribution in [0.15, 0.2) is 30.5 Å². The molecule has 0 saturated carbocycles. The van der Waals surface area contributed by atoms with Gasteiger partial charge in [-0.1, -0.05) is 11.6 Å². The summed E-state index contributed by atoms with van der Waals surface area (Å²) in [5.74, 6) is 0. The Morgan fingerprint density at radius 2 is 1.88 bits per heavy atom. The minimum atomic E-state index is 1.11. The summed E-state index contributed by atoms with van der Waals surface area (Å²) >= 11 is 0. The molecule has 88 valence electrons. The number of pyridine rings is 1. The van der Waals surface area contributed by atoms with Crippen LogP contribution in [-0.2, 0) is 0 Å². The Bertz CT molecular complexity index is 527. The van der Waals surface area contributed by atoms with Crippen molar-refractivity contribution in [1.82, 2.24) is 4.98 Å². The quantitative estimate of drug-likeness (QED) is 0.739. The molecule has 2 heterocycles. The van der Waals surface area contributed by atoms with E-state index in [4.69, 9.17) is 0 Å². The summed E-state index contributed by atoms with van der Waals surface area (Å²) < 4.78 is 0. The van der Waals surface area contributed by atoms with Crippen LogP contribution in [0.1, 0.15) is 24.8 Å². The number of aryl methyl sites for hydroxylation is 1. The molecule has 0 unspecified atom stereocenters. The maximum atomic E-state index is 4.45. The van der Waals surface area contributed by atoms with Gasteiger partial charge in [0.1, 0.15) is 0 Å². The van der Waals surface area contributed by atoms with Gasteiger partial charge in [-0.3, -0.25) is 4.98 Å². The highest BCUT2D eigenvalue weighted by Gasteiger charge is 2.13. The third kappa shape index (κ3) is 1.99. The van der Waals surface area contributed by atoms with E-state index in [9.17, 15) is 0 Å². The van der Waals surface area contributed by atoms with Crippen LogP contribution in [0.2, 0.25) is 0 Å². The molecule has 2 heteroatoms. The first-order valence-electron chi connectivity index (χ1n) is 6.45. The number of benzene rings is 1. The molecule has 0 aliphatic carbocycles. The van der Waals surface area contributed by atoms with Crippen molar-refractivity contribution in [3.63, 3.8) is 0 Å². The average Bonchev–Trinajstić information content (AvgIpc) is 2.39. The van der Waals surface area contributed by atoms with E-state index in [1.54, 1.807) is 0 Å². The lowest BCUT2D eigenvalue weighted by atomic mass is 10.1. The predicted molar refractivity (Wildman–Crippen MR) is 72.5 cm³/mol. The lowest BCUT2D eigenvalue weighted by molar-refractivity contribution is 0.579. The normalized spacial score (nSPS) is 16.4. The fraction of sp³-hybridized carbons (Fsp3) is 0.400. The Morgan fingerprint density at radius 1 is 1.06 bits per heavy atom. The highest BCUT2D eigenvalue weighted by molar-refractivity contribution is 5.92. The maximum Gasteiger partial charge on any atom is 0.0722 e. The van der Waals surface area contributed by atoms with Crippen molar-refractivity contribution < 1.29 is 0 Å². The van der Waals surface area contributed by atoms with E-state index >= 15 is 0 Å². The SMILES string of the molecule is Cc1ccc2nccc(N3CCCCC3)c2c1. The average molecular weight is 226 g/mol. The molecule has 1 saturated heterocycles. The lowest BCUT2D eigenvalue weighted by Gasteiger charge is -2.29. The van der Waals surface area contributed by atoms with E-state index in [2.05, 4.69) is 41.1 Å². The molecular formula is C15H18N2. The Hall–Kier alpha value is -1.57. The summed E-state index contributed by atoms with van der Waals surface area (Å²) in [4.78, 5) is 6.96. The molecule has 3 rings (SSSR count). The molecular weight excluding hydrogens is 208 g/mol. The van der Waals surface area contributed by atoms with E-state index < -0.39 is 0 Å². The zero-order valence-electron chi connectivity index (χ0n) is 10.3. The zero-order valence-corrected chi connectivity index (χ0v) is 10.3. The molecule has 2 nitrogen and oxygen atoms in total. The molecule has 17 heavy (non-hydrogen) atoms. The Morgan fingerprint density at radius 3 is 2.71 bits per heavy atom. The molecule has 0 radical (unpaired) electrons. The molecule has 0 bridgehead atoms. The van der Waals surface area contributed by atoms with Gasteiger partial charge in [0.2, 0.25) is 0 Å². The molecule has 1 aromatic carbocycles. The second-order valence-electron chi connectivity index (χ2n) is 4.90. The fourth-order valence-corrected chi connectivity index (χ4v) is 2.66. The van der Waals surface area contributed by atoms with Crippen molar-refractivity contribution >= 4 is 16.6 Å². The fourth-order valence-electron chi connectivity index (χ4n) is 2.66.